The Balaban J connectivity index is 2.21. The van der Waals surface area contributed by atoms with E-state index in [0.717, 1.165) is 25.4 Å². The van der Waals surface area contributed by atoms with E-state index in [4.69, 9.17) is 15.2 Å². The minimum absolute atomic E-state index is 0.0985. The molecule has 0 aromatic heterocycles. The molecule has 1 unspecified atom stereocenters. The van der Waals surface area contributed by atoms with E-state index in [0.29, 0.717) is 6.61 Å². The molecular weight excluding hydrogens is 214 g/mol. The molecule has 2 N–H and O–H groups in total. The van der Waals surface area contributed by atoms with Crippen molar-refractivity contribution in [1.29, 1.82) is 0 Å². The molecule has 3 heteroatoms. The molecule has 0 radical (unpaired) electrons. The molecule has 1 aliphatic rings. The first-order chi connectivity index (χ1) is 8.16. The summed E-state index contributed by atoms with van der Waals surface area (Å²) in [6.07, 6.45) is 0.961. The van der Waals surface area contributed by atoms with E-state index >= 15 is 0 Å². The van der Waals surface area contributed by atoms with Crippen LogP contribution in [0.1, 0.15) is 25.8 Å². The number of hydrogen-bond acceptors (Lipinski definition) is 3. The zero-order valence-corrected chi connectivity index (χ0v) is 10.6. The average molecular weight is 235 g/mol. The summed E-state index contributed by atoms with van der Waals surface area (Å²) >= 11 is 0. The Hall–Kier alpha value is -1.06. The Morgan fingerprint density at radius 2 is 2.24 bits per heavy atom. The SMILES string of the molecule is CCOc1cccc(C2(CC(C)N)COC2)c1. The highest BCUT2D eigenvalue weighted by molar-refractivity contribution is 5.35. The van der Waals surface area contributed by atoms with Crippen LogP contribution in [-0.2, 0) is 10.2 Å². The van der Waals surface area contributed by atoms with Crippen molar-refractivity contribution in [3.8, 4) is 5.75 Å². The maximum absolute atomic E-state index is 5.94. The molecule has 0 saturated carbocycles. The van der Waals surface area contributed by atoms with Crippen LogP contribution in [0.25, 0.3) is 0 Å². The number of hydrogen-bond donors (Lipinski definition) is 1. The average Bonchev–Trinajstić information content (AvgIpc) is 2.24. The van der Waals surface area contributed by atoms with Gasteiger partial charge in [-0.25, -0.2) is 0 Å². The molecule has 3 nitrogen and oxygen atoms in total. The second-order valence-electron chi connectivity index (χ2n) is 4.92. The van der Waals surface area contributed by atoms with Crippen LogP contribution in [0.4, 0.5) is 0 Å². The van der Waals surface area contributed by atoms with E-state index < -0.39 is 0 Å². The maximum atomic E-state index is 5.94. The second kappa shape index (κ2) is 5.07. The van der Waals surface area contributed by atoms with Gasteiger partial charge in [0.05, 0.1) is 19.8 Å². The van der Waals surface area contributed by atoms with Gasteiger partial charge in [-0.1, -0.05) is 12.1 Å². The van der Waals surface area contributed by atoms with Crippen molar-refractivity contribution < 1.29 is 9.47 Å². The van der Waals surface area contributed by atoms with Gasteiger partial charge < -0.3 is 15.2 Å². The third-order valence-electron chi connectivity index (χ3n) is 3.23. The highest BCUT2D eigenvalue weighted by atomic mass is 16.5. The summed E-state index contributed by atoms with van der Waals surface area (Å²) in [4.78, 5) is 0. The standard InChI is InChI=1S/C14H21NO2/c1-3-17-13-6-4-5-12(7-13)14(8-11(2)15)9-16-10-14/h4-7,11H,3,8-10,15H2,1-2H3. The molecule has 94 valence electrons. The quantitative estimate of drug-likeness (QED) is 0.850. The molecule has 1 atom stereocenters. The first-order valence-electron chi connectivity index (χ1n) is 6.23. The summed E-state index contributed by atoms with van der Waals surface area (Å²) in [6.45, 7) is 6.28. The van der Waals surface area contributed by atoms with Crippen LogP contribution in [0.2, 0.25) is 0 Å². The molecule has 1 aromatic carbocycles. The van der Waals surface area contributed by atoms with Crippen molar-refractivity contribution in [3.05, 3.63) is 29.8 Å². The lowest BCUT2D eigenvalue weighted by atomic mass is 9.74. The molecule has 2 rings (SSSR count). The molecule has 0 spiro atoms. The van der Waals surface area contributed by atoms with Crippen molar-refractivity contribution >= 4 is 0 Å². The van der Waals surface area contributed by atoms with Gasteiger partial charge >= 0.3 is 0 Å². The Bertz CT molecular complexity index is 372. The summed E-state index contributed by atoms with van der Waals surface area (Å²) in [5, 5.41) is 0. The van der Waals surface area contributed by atoms with Crippen molar-refractivity contribution in [2.24, 2.45) is 5.73 Å². The Labute approximate surface area is 103 Å². The van der Waals surface area contributed by atoms with E-state index in [2.05, 4.69) is 12.1 Å². The van der Waals surface area contributed by atoms with Crippen LogP contribution in [0.5, 0.6) is 5.75 Å². The first kappa shape index (κ1) is 12.4. The molecule has 17 heavy (non-hydrogen) atoms. The summed E-state index contributed by atoms with van der Waals surface area (Å²) in [5.74, 6) is 0.931. The van der Waals surface area contributed by atoms with Crippen LogP contribution in [0.15, 0.2) is 24.3 Å². The van der Waals surface area contributed by atoms with Gasteiger partial charge in [-0.2, -0.15) is 0 Å². The first-order valence-corrected chi connectivity index (χ1v) is 6.23. The van der Waals surface area contributed by atoms with E-state index in [-0.39, 0.29) is 11.5 Å². The third kappa shape index (κ3) is 2.61. The van der Waals surface area contributed by atoms with Gasteiger partial charge in [0.2, 0.25) is 0 Å². The van der Waals surface area contributed by atoms with Gasteiger partial charge in [0.15, 0.2) is 0 Å². The zero-order valence-electron chi connectivity index (χ0n) is 10.6. The highest BCUT2D eigenvalue weighted by Gasteiger charge is 2.40. The van der Waals surface area contributed by atoms with Gasteiger partial charge in [-0.05, 0) is 38.0 Å². The van der Waals surface area contributed by atoms with E-state index in [1.165, 1.54) is 5.56 Å². The van der Waals surface area contributed by atoms with Crippen molar-refractivity contribution in [3.63, 3.8) is 0 Å². The van der Waals surface area contributed by atoms with Gasteiger partial charge in [0, 0.05) is 11.5 Å². The molecule has 0 aliphatic carbocycles. The smallest absolute Gasteiger partial charge is 0.119 e. The lowest BCUT2D eigenvalue weighted by Gasteiger charge is -2.43. The lowest BCUT2D eigenvalue weighted by Crippen LogP contribution is -2.49. The van der Waals surface area contributed by atoms with E-state index in [9.17, 15) is 0 Å². The van der Waals surface area contributed by atoms with E-state index in [1.54, 1.807) is 0 Å². The molecule has 1 aliphatic heterocycles. The molecule has 1 aromatic rings. The number of ether oxygens (including phenoxy) is 2. The Morgan fingerprint density at radius 1 is 1.47 bits per heavy atom. The highest BCUT2D eigenvalue weighted by Crippen LogP contribution is 2.37. The lowest BCUT2D eigenvalue weighted by molar-refractivity contribution is -0.0666. The largest absolute Gasteiger partial charge is 0.494 e. The normalized spacial score (nSPS) is 19.5. The summed E-state index contributed by atoms with van der Waals surface area (Å²) < 4.78 is 10.9. The van der Waals surface area contributed by atoms with Crippen LogP contribution in [-0.4, -0.2) is 25.9 Å². The van der Waals surface area contributed by atoms with E-state index in [1.807, 2.05) is 26.0 Å². The fourth-order valence-corrected chi connectivity index (χ4v) is 2.45. The number of benzene rings is 1. The molecule has 1 fully saturated rings. The van der Waals surface area contributed by atoms with Crippen LogP contribution >= 0.6 is 0 Å². The van der Waals surface area contributed by atoms with Crippen molar-refractivity contribution in [2.45, 2.75) is 31.7 Å². The second-order valence-corrected chi connectivity index (χ2v) is 4.92. The molecule has 0 amide bonds. The summed E-state index contributed by atoms with van der Waals surface area (Å²) in [5.41, 5.74) is 7.32. The fourth-order valence-electron chi connectivity index (χ4n) is 2.45. The Morgan fingerprint density at radius 3 is 2.76 bits per heavy atom. The minimum atomic E-state index is 0.0985. The summed E-state index contributed by atoms with van der Waals surface area (Å²) in [7, 11) is 0. The minimum Gasteiger partial charge on any atom is -0.494 e. The maximum Gasteiger partial charge on any atom is 0.119 e. The third-order valence-corrected chi connectivity index (χ3v) is 3.23. The van der Waals surface area contributed by atoms with Crippen LogP contribution in [0.3, 0.4) is 0 Å². The molecule has 0 bridgehead atoms. The van der Waals surface area contributed by atoms with Crippen molar-refractivity contribution in [1.82, 2.24) is 0 Å². The molecule has 1 saturated heterocycles. The number of rotatable bonds is 5. The van der Waals surface area contributed by atoms with Gasteiger partial charge in [-0.3, -0.25) is 0 Å². The zero-order chi connectivity index (χ0) is 12.3. The topological polar surface area (TPSA) is 44.5 Å². The number of nitrogens with two attached hydrogens (primary N) is 1. The summed E-state index contributed by atoms with van der Waals surface area (Å²) in [6, 6.07) is 8.49. The molecular formula is C14H21NO2. The van der Waals surface area contributed by atoms with Crippen LogP contribution < -0.4 is 10.5 Å². The fraction of sp³-hybridized carbons (Fsp3) is 0.571. The predicted molar refractivity (Wildman–Crippen MR) is 68.4 cm³/mol. The van der Waals surface area contributed by atoms with Gasteiger partial charge in [-0.15, -0.1) is 0 Å². The predicted octanol–water partition coefficient (Wildman–Crippen LogP) is 2.09. The van der Waals surface area contributed by atoms with Crippen LogP contribution in [0, 0.1) is 0 Å². The molecule has 1 heterocycles. The van der Waals surface area contributed by atoms with Gasteiger partial charge in [0.1, 0.15) is 5.75 Å². The van der Waals surface area contributed by atoms with Gasteiger partial charge in [0.25, 0.3) is 0 Å². The van der Waals surface area contributed by atoms with Crippen molar-refractivity contribution in [2.75, 3.05) is 19.8 Å². The Kier molecular flexibility index (Phi) is 3.69. The monoisotopic (exact) mass is 235 g/mol.